The van der Waals surface area contributed by atoms with Crippen molar-refractivity contribution in [2.24, 2.45) is 0 Å². The Balaban J connectivity index is 1.81. The summed E-state index contributed by atoms with van der Waals surface area (Å²) in [5.41, 5.74) is 2.03. The van der Waals surface area contributed by atoms with E-state index < -0.39 is 0 Å². The van der Waals surface area contributed by atoms with E-state index in [0.717, 1.165) is 5.69 Å². The van der Waals surface area contributed by atoms with E-state index in [2.05, 4.69) is 41.6 Å². The van der Waals surface area contributed by atoms with Crippen molar-refractivity contribution in [1.29, 1.82) is 0 Å². The number of nitrogens with zero attached hydrogens (tertiary/aromatic N) is 1. The molecule has 1 aromatic heterocycles. The molecule has 21 heavy (non-hydrogen) atoms. The van der Waals surface area contributed by atoms with Gasteiger partial charge in [0.1, 0.15) is 0 Å². The van der Waals surface area contributed by atoms with Gasteiger partial charge in [-0.25, -0.2) is 0 Å². The predicted octanol–water partition coefficient (Wildman–Crippen LogP) is 2.80. The molecular weight excluding hydrogens is 262 g/mol. The SMILES string of the molecule is CC(NCC(=O)Nc1ccncc1)C(C)c1ccccc1. The number of anilines is 1. The van der Waals surface area contributed by atoms with Crippen LogP contribution in [0.5, 0.6) is 0 Å². The van der Waals surface area contributed by atoms with E-state index in [4.69, 9.17) is 0 Å². The van der Waals surface area contributed by atoms with Crippen LogP contribution in [0, 0.1) is 0 Å². The van der Waals surface area contributed by atoms with Crippen molar-refractivity contribution < 1.29 is 4.79 Å². The second-order valence-electron chi connectivity index (χ2n) is 5.15. The molecule has 0 bridgehead atoms. The van der Waals surface area contributed by atoms with E-state index in [1.54, 1.807) is 24.5 Å². The van der Waals surface area contributed by atoms with Gasteiger partial charge in [-0.05, 0) is 30.5 Å². The van der Waals surface area contributed by atoms with Crippen molar-refractivity contribution in [2.75, 3.05) is 11.9 Å². The minimum absolute atomic E-state index is 0.0479. The molecule has 0 aliphatic carbocycles. The zero-order chi connectivity index (χ0) is 15.1. The first-order valence-corrected chi connectivity index (χ1v) is 7.15. The van der Waals surface area contributed by atoms with E-state index in [1.807, 2.05) is 18.2 Å². The Kier molecular flexibility index (Phi) is 5.46. The molecule has 4 heteroatoms. The highest BCUT2D eigenvalue weighted by atomic mass is 16.1. The molecule has 2 atom stereocenters. The average molecular weight is 283 g/mol. The van der Waals surface area contributed by atoms with Crippen molar-refractivity contribution in [3.05, 3.63) is 60.4 Å². The van der Waals surface area contributed by atoms with E-state index in [-0.39, 0.29) is 11.9 Å². The molecule has 1 amide bonds. The van der Waals surface area contributed by atoms with Crippen LogP contribution in [0.1, 0.15) is 25.3 Å². The number of benzene rings is 1. The summed E-state index contributed by atoms with van der Waals surface area (Å²) >= 11 is 0. The first-order valence-electron chi connectivity index (χ1n) is 7.15. The number of hydrogen-bond acceptors (Lipinski definition) is 3. The van der Waals surface area contributed by atoms with E-state index in [1.165, 1.54) is 5.56 Å². The fraction of sp³-hybridized carbons (Fsp3) is 0.294. The van der Waals surface area contributed by atoms with Crippen molar-refractivity contribution in [3.63, 3.8) is 0 Å². The molecule has 0 saturated heterocycles. The highest BCUT2D eigenvalue weighted by molar-refractivity contribution is 5.92. The lowest BCUT2D eigenvalue weighted by atomic mass is 9.94. The monoisotopic (exact) mass is 283 g/mol. The second-order valence-corrected chi connectivity index (χ2v) is 5.15. The number of aromatic nitrogens is 1. The third-order valence-electron chi connectivity index (χ3n) is 3.62. The van der Waals surface area contributed by atoms with Crippen LogP contribution < -0.4 is 10.6 Å². The Labute approximate surface area is 125 Å². The van der Waals surface area contributed by atoms with Gasteiger partial charge in [-0.1, -0.05) is 37.3 Å². The maximum atomic E-state index is 11.9. The van der Waals surface area contributed by atoms with Crippen LogP contribution in [0.4, 0.5) is 5.69 Å². The lowest BCUT2D eigenvalue weighted by Crippen LogP contribution is -2.37. The largest absolute Gasteiger partial charge is 0.325 e. The van der Waals surface area contributed by atoms with Gasteiger partial charge in [0.2, 0.25) is 5.91 Å². The number of hydrogen-bond donors (Lipinski definition) is 2. The lowest BCUT2D eigenvalue weighted by molar-refractivity contribution is -0.115. The van der Waals surface area contributed by atoms with Crippen molar-refractivity contribution in [1.82, 2.24) is 10.3 Å². The van der Waals surface area contributed by atoms with Crippen LogP contribution in [-0.4, -0.2) is 23.5 Å². The molecule has 0 aliphatic rings. The highest BCUT2D eigenvalue weighted by Crippen LogP contribution is 2.18. The summed E-state index contributed by atoms with van der Waals surface area (Å²) in [4.78, 5) is 15.8. The number of carbonyl (C=O) groups is 1. The number of nitrogens with one attached hydrogen (secondary N) is 2. The first-order chi connectivity index (χ1) is 10.2. The molecule has 0 spiro atoms. The predicted molar refractivity (Wildman–Crippen MR) is 85.2 cm³/mol. The van der Waals surface area contributed by atoms with Crippen LogP contribution in [0.15, 0.2) is 54.9 Å². The minimum atomic E-state index is -0.0479. The summed E-state index contributed by atoms with van der Waals surface area (Å²) in [7, 11) is 0. The number of amides is 1. The molecule has 2 rings (SSSR count). The molecule has 0 radical (unpaired) electrons. The maximum absolute atomic E-state index is 11.9. The first kappa shape index (κ1) is 15.2. The Morgan fingerprint density at radius 2 is 1.76 bits per heavy atom. The summed E-state index contributed by atoms with van der Waals surface area (Å²) in [5, 5.41) is 6.11. The van der Waals surface area contributed by atoms with Crippen LogP contribution in [-0.2, 0) is 4.79 Å². The fourth-order valence-corrected chi connectivity index (χ4v) is 2.12. The zero-order valence-corrected chi connectivity index (χ0v) is 12.4. The maximum Gasteiger partial charge on any atom is 0.238 e. The Hall–Kier alpha value is -2.20. The van der Waals surface area contributed by atoms with Gasteiger partial charge in [-0.3, -0.25) is 9.78 Å². The molecule has 0 saturated carbocycles. The molecule has 2 N–H and O–H groups in total. The highest BCUT2D eigenvalue weighted by Gasteiger charge is 2.14. The quantitative estimate of drug-likeness (QED) is 0.857. The summed E-state index contributed by atoms with van der Waals surface area (Å²) < 4.78 is 0. The second kappa shape index (κ2) is 7.55. The Morgan fingerprint density at radius 1 is 1.10 bits per heavy atom. The normalized spacial score (nSPS) is 13.4. The third kappa shape index (κ3) is 4.68. The van der Waals surface area contributed by atoms with Gasteiger partial charge in [-0.15, -0.1) is 0 Å². The Morgan fingerprint density at radius 3 is 2.43 bits per heavy atom. The van der Waals surface area contributed by atoms with Gasteiger partial charge in [-0.2, -0.15) is 0 Å². The minimum Gasteiger partial charge on any atom is -0.325 e. The molecular formula is C17H21N3O. The van der Waals surface area contributed by atoms with Crippen LogP contribution in [0.2, 0.25) is 0 Å². The number of pyridine rings is 1. The van der Waals surface area contributed by atoms with Gasteiger partial charge in [0.25, 0.3) is 0 Å². The standard InChI is InChI=1S/C17H21N3O/c1-13(15-6-4-3-5-7-15)14(2)19-12-17(21)20-16-8-10-18-11-9-16/h3-11,13-14,19H,12H2,1-2H3,(H,18,20,21). The van der Waals surface area contributed by atoms with E-state index in [0.29, 0.717) is 12.5 Å². The van der Waals surface area contributed by atoms with Crippen LogP contribution >= 0.6 is 0 Å². The Bertz CT molecular complexity index is 557. The molecule has 4 nitrogen and oxygen atoms in total. The molecule has 1 aromatic carbocycles. The van der Waals surface area contributed by atoms with Crippen molar-refractivity contribution in [2.45, 2.75) is 25.8 Å². The topological polar surface area (TPSA) is 54.0 Å². The van der Waals surface area contributed by atoms with Crippen molar-refractivity contribution in [3.8, 4) is 0 Å². The van der Waals surface area contributed by atoms with Crippen molar-refractivity contribution >= 4 is 11.6 Å². The molecule has 2 unspecified atom stereocenters. The van der Waals surface area contributed by atoms with E-state index >= 15 is 0 Å². The molecule has 2 aromatic rings. The molecule has 0 aliphatic heterocycles. The van der Waals surface area contributed by atoms with Crippen LogP contribution in [0.25, 0.3) is 0 Å². The number of rotatable bonds is 6. The molecule has 110 valence electrons. The van der Waals surface area contributed by atoms with Gasteiger partial charge < -0.3 is 10.6 Å². The third-order valence-corrected chi connectivity index (χ3v) is 3.62. The zero-order valence-electron chi connectivity index (χ0n) is 12.4. The lowest BCUT2D eigenvalue weighted by Gasteiger charge is -2.21. The summed E-state index contributed by atoms with van der Waals surface area (Å²) in [5.74, 6) is 0.299. The summed E-state index contributed by atoms with van der Waals surface area (Å²) in [6.07, 6.45) is 3.31. The number of carbonyl (C=O) groups excluding carboxylic acids is 1. The summed E-state index contributed by atoms with van der Waals surface area (Å²) in [6, 6.07) is 14.1. The summed E-state index contributed by atoms with van der Waals surface area (Å²) in [6.45, 7) is 4.55. The van der Waals surface area contributed by atoms with Gasteiger partial charge >= 0.3 is 0 Å². The molecule has 0 fully saturated rings. The fourth-order valence-electron chi connectivity index (χ4n) is 2.12. The van der Waals surface area contributed by atoms with E-state index in [9.17, 15) is 4.79 Å². The van der Waals surface area contributed by atoms with Crippen LogP contribution in [0.3, 0.4) is 0 Å². The smallest absolute Gasteiger partial charge is 0.238 e. The van der Waals surface area contributed by atoms with Gasteiger partial charge in [0.05, 0.1) is 6.54 Å². The molecule has 1 heterocycles. The van der Waals surface area contributed by atoms with Gasteiger partial charge in [0.15, 0.2) is 0 Å². The van der Waals surface area contributed by atoms with Gasteiger partial charge in [0, 0.05) is 24.1 Å². The average Bonchev–Trinajstić information content (AvgIpc) is 2.53.